The predicted molar refractivity (Wildman–Crippen MR) is 87.5 cm³/mol. The molecule has 0 aliphatic carbocycles. The van der Waals surface area contributed by atoms with Gasteiger partial charge in [-0.15, -0.1) is 0 Å². The van der Waals surface area contributed by atoms with E-state index in [1.807, 2.05) is 48.5 Å². The van der Waals surface area contributed by atoms with E-state index < -0.39 is 0 Å². The second-order valence-corrected chi connectivity index (χ2v) is 5.62. The zero-order chi connectivity index (χ0) is 13.9. The van der Waals surface area contributed by atoms with Gasteiger partial charge in [0.05, 0.1) is 21.3 Å². The SMILES string of the molecule is Nc1nc2ccccc2s1.S=c1[nH]c2ccccc2[nH]1. The zero-order valence-electron chi connectivity index (χ0n) is 10.5. The van der Waals surface area contributed by atoms with Crippen molar-refractivity contribution in [3.8, 4) is 0 Å². The first-order chi connectivity index (χ1) is 9.72. The topological polar surface area (TPSA) is 70.5 Å². The molecular weight excluding hydrogens is 288 g/mol. The Morgan fingerprint density at radius 2 is 1.55 bits per heavy atom. The summed E-state index contributed by atoms with van der Waals surface area (Å²) < 4.78 is 1.83. The number of nitrogens with zero attached hydrogens (tertiary/aromatic N) is 1. The van der Waals surface area contributed by atoms with Gasteiger partial charge in [-0.05, 0) is 36.5 Å². The number of benzene rings is 2. The van der Waals surface area contributed by atoms with Crippen molar-refractivity contribution in [2.45, 2.75) is 0 Å². The summed E-state index contributed by atoms with van der Waals surface area (Å²) in [6.45, 7) is 0. The second-order valence-electron chi connectivity index (χ2n) is 4.14. The standard InChI is InChI=1S/2C7H6N2S/c8-7-9-5-3-1-2-4-6(5)10-7;10-7-8-5-3-1-2-4-6(5)9-7/h1-4H,(H2,8,9);1-4H,(H2,8,9,10). The molecule has 100 valence electrons. The summed E-state index contributed by atoms with van der Waals surface area (Å²) in [6.07, 6.45) is 0. The van der Waals surface area contributed by atoms with Gasteiger partial charge in [0, 0.05) is 0 Å². The molecule has 0 atom stereocenters. The number of hydrogen-bond donors (Lipinski definition) is 3. The molecule has 4 N–H and O–H groups in total. The van der Waals surface area contributed by atoms with Crippen LogP contribution in [0.15, 0.2) is 48.5 Å². The molecule has 6 heteroatoms. The Balaban J connectivity index is 0.000000121. The number of thiazole rings is 1. The third-order valence-electron chi connectivity index (χ3n) is 2.73. The molecule has 0 radical (unpaired) electrons. The van der Waals surface area contributed by atoms with Crippen molar-refractivity contribution in [2.24, 2.45) is 0 Å². The molecule has 4 rings (SSSR count). The van der Waals surface area contributed by atoms with Gasteiger partial charge < -0.3 is 15.7 Å². The number of imidazole rings is 1. The lowest BCUT2D eigenvalue weighted by Crippen LogP contribution is -1.78. The van der Waals surface area contributed by atoms with Gasteiger partial charge in [0.2, 0.25) is 0 Å². The van der Waals surface area contributed by atoms with Crippen LogP contribution in [0.5, 0.6) is 0 Å². The van der Waals surface area contributed by atoms with E-state index in [0.29, 0.717) is 9.90 Å². The Hall–Kier alpha value is -2.18. The maximum Gasteiger partial charge on any atom is 0.181 e. The summed E-state index contributed by atoms with van der Waals surface area (Å²) in [5.74, 6) is 0. The van der Waals surface area contributed by atoms with Crippen LogP contribution in [-0.2, 0) is 0 Å². The molecule has 0 fully saturated rings. The Labute approximate surface area is 124 Å². The molecule has 0 bridgehead atoms. The number of nitrogens with two attached hydrogens (primary N) is 1. The van der Waals surface area contributed by atoms with Crippen molar-refractivity contribution in [3.63, 3.8) is 0 Å². The molecule has 4 aromatic rings. The van der Waals surface area contributed by atoms with Crippen molar-refractivity contribution in [1.29, 1.82) is 0 Å². The van der Waals surface area contributed by atoms with Gasteiger partial charge in [0.25, 0.3) is 0 Å². The van der Waals surface area contributed by atoms with Crippen LogP contribution in [0, 0.1) is 4.77 Å². The van der Waals surface area contributed by atoms with Gasteiger partial charge in [0.1, 0.15) is 0 Å². The average molecular weight is 300 g/mol. The highest BCUT2D eigenvalue weighted by Crippen LogP contribution is 2.22. The monoisotopic (exact) mass is 300 g/mol. The van der Waals surface area contributed by atoms with Gasteiger partial charge >= 0.3 is 0 Å². The number of anilines is 1. The van der Waals surface area contributed by atoms with Crippen LogP contribution in [0.25, 0.3) is 21.3 Å². The fourth-order valence-corrected chi connectivity index (χ4v) is 2.82. The lowest BCUT2D eigenvalue weighted by Gasteiger charge is -1.82. The van der Waals surface area contributed by atoms with E-state index in [9.17, 15) is 0 Å². The van der Waals surface area contributed by atoms with Crippen LogP contribution >= 0.6 is 23.6 Å². The number of aromatic nitrogens is 3. The van der Waals surface area contributed by atoms with Crippen molar-refractivity contribution in [3.05, 3.63) is 53.3 Å². The lowest BCUT2D eigenvalue weighted by atomic mass is 10.3. The van der Waals surface area contributed by atoms with Crippen molar-refractivity contribution in [2.75, 3.05) is 5.73 Å². The van der Waals surface area contributed by atoms with E-state index in [1.165, 1.54) is 11.3 Å². The van der Waals surface area contributed by atoms with Crippen molar-refractivity contribution < 1.29 is 0 Å². The van der Waals surface area contributed by atoms with E-state index in [-0.39, 0.29) is 0 Å². The number of hydrogen-bond acceptors (Lipinski definition) is 4. The molecule has 0 aliphatic heterocycles. The fraction of sp³-hybridized carbons (Fsp3) is 0. The zero-order valence-corrected chi connectivity index (χ0v) is 12.1. The third-order valence-corrected chi connectivity index (χ3v) is 3.80. The number of rotatable bonds is 0. The van der Waals surface area contributed by atoms with E-state index >= 15 is 0 Å². The molecule has 2 aromatic heterocycles. The third kappa shape index (κ3) is 2.71. The normalized spacial score (nSPS) is 10.4. The second kappa shape index (κ2) is 5.44. The summed E-state index contributed by atoms with van der Waals surface area (Å²) in [5.41, 5.74) is 8.61. The molecular formula is C14H12N4S2. The largest absolute Gasteiger partial charge is 0.375 e. The molecule has 0 saturated carbocycles. The lowest BCUT2D eigenvalue weighted by molar-refractivity contribution is 1.30. The fourth-order valence-electron chi connectivity index (χ4n) is 1.87. The number of fused-ring (bicyclic) bond motifs is 2. The quantitative estimate of drug-likeness (QED) is 0.428. The van der Waals surface area contributed by atoms with Crippen LogP contribution in [0.1, 0.15) is 0 Å². The molecule has 0 spiro atoms. The van der Waals surface area contributed by atoms with E-state index in [4.69, 9.17) is 18.0 Å². The van der Waals surface area contributed by atoms with Crippen LogP contribution in [-0.4, -0.2) is 15.0 Å². The molecule has 2 heterocycles. The van der Waals surface area contributed by atoms with Gasteiger partial charge in [-0.25, -0.2) is 4.98 Å². The number of nitrogens with one attached hydrogen (secondary N) is 2. The molecule has 2 aromatic carbocycles. The Bertz CT molecular complexity index is 835. The molecule has 0 amide bonds. The Kier molecular flexibility index (Phi) is 3.49. The Morgan fingerprint density at radius 3 is 2.20 bits per heavy atom. The summed E-state index contributed by atoms with van der Waals surface area (Å²) in [7, 11) is 0. The first-order valence-corrected chi connectivity index (χ1v) is 7.23. The molecule has 0 unspecified atom stereocenters. The summed E-state index contributed by atoms with van der Waals surface area (Å²) >= 11 is 6.42. The minimum Gasteiger partial charge on any atom is -0.375 e. The summed E-state index contributed by atoms with van der Waals surface area (Å²) in [4.78, 5) is 10.1. The molecule has 20 heavy (non-hydrogen) atoms. The summed E-state index contributed by atoms with van der Waals surface area (Å²) in [6, 6.07) is 15.8. The van der Waals surface area contributed by atoms with Crippen molar-refractivity contribution in [1.82, 2.24) is 15.0 Å². The molecule has 4 nitrogen and oxygen atoms in total. The number of H-pyrrole nitrogens is 2. The van der Waals surface area contributed by atoms with Crippen LogP contribution in [0.4, 0.5) is 5.13 Å². The van der Waals surface area contributed by atoms with Gasteiger partial charge in [-0.2, -0.15) is 0 Å². The van der Waals surface area contributed by atoms with Crippen LogP contribution in [0.3, 0.4) is 0 Å². The Morgan fingerprint density at radius 1 is 0.950 bits per heavy atom. The predicted octanol–water partition coefficient (Wildman–Crippen LogP) is 4.10. The van der Waals surface area contributed by atoms with E-state index in [1.54, 1.807) is 0 Å². The van der Waals surface area contributed by atoms with E-state index in [2.05, 4.69) is 15.0 Å². The number of para-hydroxylation sites is 3. The first-order valence-electron chi connectivity index (χ1n) is 6.00. The minimum absolute atomic E-state index is 0.640. The maximum absolute atomic E-state index is 5.50. The smallest absolute Gasteiger partial charge is 0.181 e. The first kappa shape index (κ1) is 12.8. The minimum atomic E-state index is 0.640. The van der Waals surface area contributed by atoms with Gasteiger partial charge in [-0.1, -0.05) is 35.6 Å². The maximum atomic E-state index is 5.50. The summed E-state index contributed by atoms with van der Waals surface area (Å²) in [5, 5.41) is 0.640. The highest BCUT2D eigenvalue weighted by atomic mass is 32.1. The highest BCUT2D eigenvalue weighted by Gasteiger charge is 1.96. The van der Waals surface area contributed by atoms with Crippen molar-refractivity contribution >= 4 is 49.9 Å². The van der Waals surface area contributed by atoms with Gasteiger partial charge in [0.15, 0.2) is 9.90 Å². The van der Waals surface area contributed by atoms with Crippen LogP contribution < -0.4 is 5.73 Å². The average Bonchev–Trinajstić information content (AvgIpc) is 2.99. The highest BCUT2D eigenvalue weighted by molar-refractivity contribution is 7.71. The van der Waals surface area contributed by atoms with E-state index in [0.717, 1.165) is 21.3 Å². The number of aromatic amines is 2. The van der Waals surface area contributed by atoms with Gasteiger partial charge in [-0.3, -0.25) is 0 Å². The molecule has 0 aliphatic rings. The number of nitrogen functional groups attached to an aromatic ring is 1. The van der Waals surface area contributed by atoms with Crippen LogP contribution in [0.2, 0.25) is 0 Å². The molecule has 0 saturated heterocycles.